The van der Waals surface area contributed by atoms with Gasteiger partial charge in [-0.1, -0.05) is 29.3 Å². The first-order chi connectivity index (χ1) is 9.58. The van der Waals surface area contributed by atoms with Crippen LogP contribution in [0.2, 0.25) is 10.0 Å². The summed E-state index contributed by atoms with van der Waals surface area (Å²) in [5, 5.41) is 3.94. The molecule has 1 heterocycles. The normalized spacial score (nSPS) is 17.8. The van der Waals surface area contributed by atoms with Crippen molar-refractivity contribution in [3.05, 3.63) is 33.8 Å². The van der Waals surface area contributed by atoms with E-state index in [0.29, 0.717) is 29.8 Å². The molecule has 0 aliphatic carbocycles. The lowest BCUT2D eigenvalue weighted by Crippen LogP contribution is -2.46. The average Bonchev–Trinajstić information content (AvgIpc) is 2.46. The maximum atomic E-state index is 12.0. The summed E-state index contributed by atoms with van der Waals surface area (Å²) in [6.45, 7) is 1.70. The Balaban J connectivity index is 1.87. The summed E-state index contributed by atoms with van der Waals surface area (Å²) in [5.41, 5.74) is 6.82. The molecular formula is C14H18Cl2N2O2. The van der Waals surface area contributed by atoms with E-state index < -0.39 is 6.04 Å². The van der Waals surface area contributed by atoms with Gasteiger partial charge < -0.3 is 15.8 Å². The zero-order valence-corrected chi connectivity index (χ0v) is 12.6. The van der Waals surface area contributed by atoms with E-state index in [1.165, 1.54) is 0 Å². The SMILES string of the molecule is NC(C(=O)NCc1ccc(Cl)cc1Cl)C1CCOCC1. The largest absolute Gasteiger partial charge is 0.381 e. The van der Waals surface area contributed by atoms with Gasteiger partial charge in [-0.25, -0.2) is 0 Å². The summed E-state index contributed by atoms with van der Waals surface area (Å²) < 4.78 is 5.27. The number of halogens is 2. The van der Waals surface area contributed by atoms with E-state index in [1.807, 2.05) is 0 Å². The van der Waals surface area contributed by atoms with Crippen LogP contribution < -0.4 is 11.1 Å². The number of rotatable bonds is 4. The third-order valence-corrected chi connectivity index (χ3v) is 4.13. The van der Waals surface area contributed by atoms with Crippen molar-refractivity contribution in [3.63, 3.8) is 0 Å². The van der Waals surface area contributed by atoms with Gasteiger partial charge in [0.1, 0.15) is 0 Å². The molecule has 0 bridgehead atoms. The highest BCUT2D eigenvalue weighted by Gasteiger charge is 2.26. The first-order valence-corrected chi connectivity index (χ1v) is 7.38. The van der Waals surface area contributed by atoms with Crippen molar-refractivity contribution in [1.82, 2.24) is 5.32 Å². The van der Waals surface area contributed by atoms with Gasteiger partial charge in [0.05, 0.1) is 6.04 Å². The fourth-order valence-corrected chi connectivity index (χ4v) is 2.73. The van der Waals surface area contributed by atoms with Crippen LogP contribution in [0, 0.1) is 5.92 Å². The van der Waals surface area contributed by atoms with Gasteiger partial charge in [0, 0.05) is 29.8 Å². The van der Waals surface area contributed by atoms with Crippen LogP contribution in [0.1, 0.15) is 18.4 Å². The van der Waals surface area contributed by atoms with Crippen molar-refractivity contribution < 1.29 is 9.53 Å². The Bertz CT molecular complexity index is 476. The predicted molar refractivity (Wildman–Crippen MR) is 79.8 cm³/mol. The Morgan fingerprint density at radius 2 is 2.10 bits per heavy atom. The molecule has 6 heteroatoms. The van der Waals surface area contributed by atoms with Gasteiger partial charge in [0.2, 0.25) is 5.91 Å². The molecule has 4 nitrogen and oxygen atoms in total. The Hall–Kier alpha value is -0.810. The van der Waals surface area contributed by atoms with E-state index >= 15 is 0 Å². The molecule has 20 heavy (non-hydrogen) atoms. The quantitative estimate of drug-likeness (QED) is 0.896. The van der Waals surface area contributed by atoms with E-state index in [1.54, 1.807) is 18.2 Å². The topological polar surface area (TPSA) is 64.4 Å². The number of carbonyl (C=O) groups is 1. The van der Waals surface area contributed by atoms with Crippen LogP contribution in [-0.2, 0) is 16.1 Å². The van der Waals surface area contributed by atoms with Gasteiger partial charge in [-0.2, -0.15) is 0 Å². The highest BCUT2D eigenvalue weighted by atomic mass is 35.5. The lowest BCUT2D eigenvalue weighted by atomic mass is 9.92. The number of benzene rings is 1. The van der Waals surface area contributed by atoms with Crippen LogP contribution in [0.15, 0.2) is 18.2 Å². The Morgan fingerprint density at radius 1 is 1.40 bits per heavy atom. The second kappa shape index (κ2) is 7.27. The van der Waals surface area contributed by atoms with Crippen molar-refractivity contribution in [3.8, 4) is 0 Å². The lowest BCUT2D eigenvalue weighted by molar-refractivity contribution is -0.124. The number of ether oxygens (including phenoxy) is 1. The second-order valence-corrected chi connectivity index (χ2v) is 5.77. The fraction of sp³-hybridized carbons (Fsp3) is 0.500. The first-order valence-electron chi connectivity index (χ1n) is 6.63. The van der Waals surface area contributed by atoms with E-state index in [0.717, 1.165) is 18.4 Å². The van der Waals surface area contributed by atoms with Crippen molar-refractivity contribution in [2.75, 3.05) is 13.2 Å². The summed E-state index contributed by atoms with van der Waals surface area (Å²) in [6.07, 6.45) is 1.66. The van der Waals surface area contributed by atoms with Crippen LogP contribution in [-0.4, -0.2) is 25.2 Å². The number of carbonyl (C=O) groups excluding carboxylic acids is 1. The molecule has 0 aromatic heterocycles. The molecule has 0 radical (unpaired) electrons. The van der Waals surface area contributed by atoms with E-state index in [9.17, 15) is 4.79 Å². The molecule has 3 N–H and O–H groups in total. The van der Waals surface area contributed by atoms with Gasteiger partial charge in [0.25, 0.3) is 0 Å². The number of hydrogen-bond acceptors (Lipinski definition) is 3. The lowest BCUT2D eigenvalue weighted by Gasteiger charge is -2.26. The molecule has 1 amide bonds. The molecule has 1 aromatic rings. The van der Waals surface area contributed by atoms with Gasteiger partial charge in [-0.15, -0.1) is 0 Å². The minimum absolute atomic E-state index is 0.150. The van der Waals surface area contributed by atoms with Crippen molar-refractivity contribution in [2.45, 2.75) is 25.4 Å². The summed E-state index contributed by atoms with van der Waals surface area (Å²) in [6, 6.07) is 4.70. The summed E-state index contributed by atoms with van der Waals surface area (Å²) in [5.74, 6) is 0.0346. The molecule has 1 atom stereocenters. The smallest absolute Gasteiger partial charge is 0.237 e. The molecule has 1 aliphatic rings. The number of hydrogen-bond donors (Lipinski definition) is 2. The maximum Gasteiger partial charge on any atom is 0.237 e. The molecule has 0 saturated carbocycles. The molecular weight excluding hydrogens is 299 g/mol. The zero-order valence-electron chi connectivity index (χ0n) is 11.1. The van der Waals surface area contributed by atoms with Crippen LogP contribution in [0.4, 0.5) is 0 Å². The van der Waals surface area contributed by atoms with Crippen LogP contribution in [0.5, 0.6) is 0 Å². The van der Waals surface area contributed by atoms with E-state index in [-0.39, 0.29) is 11.8 Å². The number of nitrogens with one attached hydrogen (secondary N) is 1. The molecule has 1 unspecified atom stereocenters. The van der Waals surface area contributed by atoms with Crippen molar-refractivity contribution in [1.29, 1.82) is 0 Å². The van der Waals surface area contributed by atoms with Gasteiger partial charge >= 0.3 is 0 Å². The second-order valence-electron chi connectivity index (χ2n) is 4.93. The highest BCUT2D eigenvalue weighted by molar-refractivity contribution is 6.35. The maximum absolute atomic E-state index is 12.0. The third kappa shape index (κ3) is 4.09. The highest BCUT2D eigenvalue weighted by Crippen LogP contribution is 2.21. The standard InChI is InChI=1S/C14H18Cl2N2O2/c15-11-2-1-10(12(16)7-11)8-18-14(19)13(17)9-3-5-20-6-4-9/h1-2,7,9,13H,3-6,8,17H2,(H,18,19). The molecule has 1 aliphatic heterocycles. The Morgan fingerprint density at radius 3 is 2.75 bits per heavy atom. The van der Waals surface area contributed by atoms with Gasteiger partial charge in [-0.3, -0.25) is 4.79 Å². The molecule has 2 rings (SSSR count). The minimum atomic E-state index is -0.495. The van der Waals surface area contributed by atoms with E-state index in [2.05, 4.69) is 5.32 Å². The summed E-state index contributed by atoms with van der Waals surface area (Å²) in [4.78, 5) is 12.0. The van der Waals surface area contributed by atoms with Crippen molar-refractivity contribution in [2.24, 2.45) is 11.7 Å². The molecule has 1 saturated heterocycles. The Labute approximate surface area is 128 Å². The van der Waals surface area contributed by atoms with Crippen molar-refractivity contribution >= 4 is 29.1 Å². The Kier molecular flexibility index (Phi) is 5.66. The van der Waals surface area contributed by atoms with Crippen LogP contribution >= 0.6 is 23.2 Å². The zero-order chi connectivity index (χ0) is 14.5. The van der Waals surface area contributed by atoms with Crippen LogP contribution in [0.25, 0.3) is 0 Å². The molecule has 110 valence electrons. The third-order valence-electron chi connectivity index (χ3n) is 3.54. The summed E-state index contributed by atoms with van der Waals surface area (Å²) >= 11 is 11.9. The number of nitrogens with two attached hydrogens (primary N) is 1. The molecule has 0 spiro atoms. The minimum Gasteiger partial charge on any atom is -0.381 e. The first kappa shape index (κ1) is 15.6. The van der Waals surface area contributed by atoms with Gasteiger partial charge in [0.15, 0.2) is 0 Å². The summed E-state index contributed by atoms with van der Waals surface area (Å²) in [7, 11) is 0. The average molecular weight is 317 g/mol. The van der Waals surface area contributed by atoms with E-state index in [4.69, 9.17) is 33.7 Å². The van der Waals surface area contributed by atoms with Crippen LogP contribution in [0.3, 0.4) is 0 Å². The van der Waals surface area contributed by atoms with Gasteiger partial charge in [-0.05, 0) is 36.5 Å². The molecule has 1 aromatic carbocycles. The number of amides is 1. The predicted octanol–water partition coefficient (Wildman–Crippen LogP) is 2.36. The molecule has 1 fully saturated rings. The monoisotopic (exact) mass is 316 g/mol. The fourth-order valence-electron chi connectivity index (χ4n) is 2.25.